The summed E-state index contributed by atoms with van der Waals surface area (Å²) in [7, 11) is 1.51. The number of aryl methyl sites for hydroxylation is 2. The van der Waals surface area contributed by atoms with Crippen molar-refractivity contribution < 1.29 is 9.53 Å². The van der Waals surface area contributed by atoms with Crippen molar-refractivity contribution in [3.8, 4) is 0 Å². The Labute approximate surface area is 88.1 Å². The first-order valence-corrected chi connectivity index (χ1v) is 5.26. The van der Waals surface area contributed by atoms with E-state index in [0.29, 0.717) is 6.54 Å². The van der Waals surface area contributed by atoms with Gasteiger partial charge in [-0.1, -0.05) is 0 Å². The molecule has 78 valence electrons. The number of hydrogen-bond acceptors (Lipinski definition) is 3. The molecule has 3 nitrogen and oxygen atoms in total. The van der Waals surface area contributed by atoms with Gasteiger partial charge in [-0.05, 0) is 25.5 Å². The van der Waals surface area contributed by atoms with E-state index < -0.39 is 0 Å². The number of thiophene rings is 1. The minimum Gasteiger partial charge on any atom is -0.375 e. The Hall–Kier alpha value is -0.870. The highest BCUT2D eigenvalue weighted by Crippen LogP contribution is 2.19. The molecule has 0 fully saturated rings. The second-order valence-corrected chi connectivity index (χ2v) is 4.50. The molecule has 0 aliphatic carbocycles. The molecule has 1 N–H and O–H groups in total. The summed E-state index contributed by atoms with van der Waals surface area (Å²) in [4.78, 5) is 13.6. The molecule has 0 unspecified atom stereocenters. The molecule has 0 saturated heterocycles. The lowest BCUT2D eigenvalue weighted by Crippen LogP contribution is -2.26. The van der Waals surface area contributed by atoms with E-state index in [4.69, 9.17) is 4.74 Å². The third-order valence-electron chi connectivity index (χ3n) is 1.95. The number of ether oxygens (including phenoxy) is 1. The topological polar surface area (TPSA) is 38.3 Å². The van der Waals surface area contributed by atoms with Gasteiger partial charge in [0.1, 0.15) is 6.61 Å². The summed E-state index contributed by atoms with van der Waals surface area (Å²) in [6.45, 7) is 4.89. The highest BCUT2D eigenvalue weighted by Gasteiger charge is 2.03. The number of carbonyl (C=O) groups excluding carboxylic acids is 1. The van der Waals surface area contributed by atoms with Gasteiger partial charge < -0.3 is 10.1 Å². The minimum absolute atomic E-state index is 0.0730. The maximum absolute atomic E-state index is 11.1. The van der Waals surface area contributed by atoms with Crippen molar-refractivity contribution in [1.82, 2.24) is 5.32 Å². The van der Waals surface area contributed by atoms with E-state index in [1.54, 1.807) is 11.3 Å². The average Bonchev–Trinajstić information content (AvgIpc) is 2.44. The smallest absolute Gasteiger partial charge is 0.246 e. The molecule has 14 heavy (non-hydrogen) atoms. The van der Waals surface area contributed by atoms with Crippen LogP contribution in [0, 0.1) is 13.8 Å². The summed E-state index contributed by atoms with van der Waals surface area (Å²) in [6, 6.07) is 2.10. The van der Waals surface area contributed by atoms with Crippen molar-refractivity contribution in [1.29, 1.82) is 0 Å². The van der Waals surface area contributed by atoms with Crippen LogP contribution in [0.1, 0.15) is 15.3 Å². The van der Waals surface area contributed by atoms with Gasteiger partial charge in [0, 0.05) is 16.9 Å². The van der Waals surface area contributed by atoms with Crippen LogP contribution in [0.25, 0.3) is 0 Å². The summed E-state index contributed by atoms with van der Waals surface area (Å²) in [6.07, 6.45) is 0. The quantitative estimate of drug-likeness (QED) is 0.825. The number of hydrogen-bond donors (Lipinski definition) is 1. The van der Waals surface area contributed by atoms with Crippen LogP contribution >= 0.6 is 11.3 Å². The van der Waals surface area contributed by atoms with Crippen molar-refractivity contribution in [3.63, 3.8) is 0 Å². The van der Waals surface area contributed by atoms with Gasteiger partial charge in [-0.25, -0.2) is 0 Å². The van der Waals surface area contributed by atoms with Crippen molar-refractivity contribution in [2.45, 2.75) is 20.4 Å². The van der Waals surface area contributed by atoms with Crippen LogP contribution in [0.15, 0.2) is 6.07 Å². The molecule has 1 amide bonds. The first-order valence-electron chi connectivity index (χ1n) is 4.45. The number of methoxy groups -OCH3 is 1. The third kappa shape index (κ3) is 3.12. The van der Waals surface area contributed by atoms with Crippen molar-refractivity contribution in [3.05, 3.63) is 21.4 Å². The van der Waals surface area contributed by atoms with Gasteiger partial charge in [-0.15, -0.1) is 11.3 Å². The average molecular weight is 213 g/mol. The molecule has 0 saturated carbocycles. The Balaban J connectivity index is 2.42. The molecule has 0 aliphatic heterocycles. The SMILES string of the molecule is COCC(=O)NCc1cc(C)c(C)s1. The maximum Gasteiger partial charge on any atom is 0.246 e. The molecule has 4 heteroatoms. The molecule has 0 aromatic carbocycles. The predicted molar refractivity (Wildman–Crippen MR) is 57.5 cm³/mol. The van der Waals surface area contributed by atoms with E-state index in [2.05, 4.69) is 25.2 Å². The Morgan fingerprint density at radius 1 is 1.57 bits per heavy atom. The van der Waals surface area contributed by atoms with Crippen molar-refractivity contribution >= 4 is 17.2 Å². The van der Waals surface area contributed by atoms with Gasteiger partial charge in [0.15, 0.2) is 0 Å². The largest absolute Gasteiger partial charge is 0.375 e. The number of amides is 1. The Morgan fingerprint density at radius 3 is 2.79 bits per heavy atom. The van der Waals surface area contributed by atoms with Crippen molar-refractivity contribution in [2.24, 2.45) is 0 Å². The van der Waals surface area contributed by atoms with E-state index in [-0.39, 0.29) is 12.5 Å². The summed E-state index contributed by atoms with van der Waals surface area (Å²) < 4.78 is 4.71. The zero-order valence-electron chi connectivity index (χ0n) is 8.72. The van der Waals surface area contributed by atoms with Crippen LogP contribution in [-0.2, 0) is 16.1 Å². The molecule has 0 radical (unpaired) electrons. The lowest BCUT2D eigenvalue weighted by Gasteiger charge is -2.01. The fourth-order valence-electron chi connectivity index (χ4n) is 1.10. The van der Waals surface area contributed by atoms with Gasteiger partial charge in [0.2, 0.25) is 5.91 Å². The third-order valence-corrected chi connectivity index (χ3v) is 3.10. The molecular formula is C10H15NO2S. The van der Waals surface area contributed by atoms with Gasteiger partial charge in [0.25, 0.3) is 0 Å². The zero-order valence-corrected chi connectivity index (χ0v) is 9.53. The monoisotopic (exact) mass is 213 g/mol. The molecule has 0 spiro atoms. The lowest BCUT2D eigenvalue weighted by molar-refractivity contribution is -0.124. The number of carbonyl (C=O) groups is 1. The van der Waals surface area contributed by atoms with Crippen LogP contribution in [0.3, 0.4) is 0 Å². The van der Waals surface area contributed by atoms with E-state index in [1.807, 2.05) is 0 Å². The van der Waals surface area contributed by atoms with E-state index in [0.717, 1.165) is 0 Å². The molecule has 0 atom stereocenters. The predicted octanol–water partition coefficient (Wildman–Crippen LogP) is 1.63. The maximum atomic E-state index is 11.1. The zero-order chi connectivity index (χ0) is 10.6. The molecular weight excluding hydrogens is 198 g/mol. The van der Waals surface area contributed by atoms with Crippen LogP contribution in [0.2, 0.25) is 0 Å². The van der Waals surface area contributed by atoms with Gasteiger partial charge in [-0.2, -0.15) is 0 Å². The first kappa shape index (κ1) is 11.2. The lowest BCUT2D eigenvalue weighted by atomic mass is 10.3. The van der Waals surface area contributed by atoms with E-state index in [1.165, 1.54) is 22.4 Å². The van der Waals surface area contributed by atoms with Crippen LogP contribution in [0.4, 0.5) is 0 Å². The summed E-state index contributed by atoms with van der Waals surface area (Å²) in [5.41, 5.74) is 1.28. The second kappa shape index (κ2) is 5.12. The summed E-state index contributed by atoms with van der Waals surface area (Å²) in [5, 5.41) is 2.79. The van der Waals surface area contributed by atoms with E-state index in [9.17, 15) is 4.79 Å². The first-order chi connectivity index (χ1) is 6.63. The number of rotatable bonds is 4. The Kier molecular flexibility index (Phi) is 4.10. The van der Waals surface area contributed by atoms with Gasteiger partial charge in [-0.3, -0.25) is 4.79 Å². The van der Waals surface area contributed by atoms with Crippen LogP contribution in [-0.4, -0.2) is 19.6 Å². The standard InChI is InChI=1S/C10H15NO2S/c1-7-4-9(14-8(7)2)5-11-10(12)6-13-3/h4H,5-6H2,1-3H3,(H,11,12). The van der Waals surface area contributed by atoms with Gasteiger partial charge in [0.05, 0.1) is 6.54 Å². The Bertz CT molecular complexity index is 300. The highest BCUT2D eigenvalue weighted by molar-refractivity contribution is 7.12. The fraction of sp³-hybridized carbons (Fsp3) is 0.500. The minimum atomic E-state index is -0.0730. The van der Waals surface area contributed by atoms with Crippen LogP contribution in [0.5, 0.6) is 0 Å². The number of nitrogens with one attached hydrogen (secondary N) is 1. The highest BCUT2D eigenvalue weighted by atomic mass is 32.1. The molecule has 0 aliphatic rings. The van der Waals surface area contributed by atoms with Crippen LogP contribution < -0.4 is 5.32 Å². The van der Waals surface area contributed by atoms with Gasteiger partial charge >= 0.3 is 0 Å². The molecule has 1 aromatic rings. The molecule has 0 bridgehead atoms. The van der Waals surface area contributed by atoms with Crippen molar-refractivity contribution in [2.75, 3.05) is 13.7 Å². The molecule has 1 aromatic heterocycles. The Morgan fingerprint density at radius 2 is 2.29 bits per heavy atom. The molecule has 1 heterocycles. The van der Waals surface area contributed by atoms with E-state index >= 15 is 0 Å². The normalized spacial score (nSPS) is 10.2. The summed E-state index contributed by atoms with van der Waals surface area (Å²) in [5.74, 6) is -0.0730. The molecule has 1 rings (SSSR count). The second-order valence-electron chi connectivity index (χ2n) is 3.16. The fourth-order valence-corrected chi connectivity index (χ4v) is 2.10. The summed E-state index contributed by atoms with van der Waals surface area (Å²) >= 11 is 1.72.